The highest BCUT2D eigenvalue weighted by Gasteiger charge is 2.16. The van der Waals surface area contributed by atoms with E-state index in [0.717, 1.165) is 4.57 Å². The van der Waals surface area contributed by atoms with Gasteiger partial charge in [0.25, 0.3) is 5.56 Å². The van der Waals surface area contributed by atoms with Crippen molar-refractivity contribution in [3.8, 4) is 0 Å². The van der Waals surface area contributed by atoms with Gasteiger partial charge in [-0.25, -0.2) is 4.57 Å². The number of fused-ring (bicyclic) bond motifs is 1. The topological polar surface area (TPSA) is 68.0 Å². The second-order valence-corrected chi connectivity index (χ2v) is 4.29. The number of H-pyrrole nitrogens is 1. The molecule has 0 saturated heterocycles. The summed E-state index contributed by atoms with van der Waals surface area (Å²) in [6.07, 6.45) is 1.37. The first-order valence-electron chi connectivity index (χ1n) is 5.51. The van der Waals surface area contributed by atoms with E-state index in [0.29, 0.717) is 10.9 Å². The Balaban J connectivity index is 2.34. The van der Waals surface area contributed by atoms with Crippen molar-refractivity contribution < 1.29 is 9.21 Å². The van der Waals surface area contributed by atoms with Crippen molar-refractivity contribution in [3.05, 3.63) is 63.5 Å². The van der Waals surface area contributed by atoms with Crippen LogP contribution in [0.1, 0.15) is 10.6 Å². The van der Waals surface area contributed by atoms with E-state index in [9.17, 15) is 9.59 Å². The summed E-state index contributed by atoms with van der Waals surface area (Å²) in [5.41, 5.74) is 0.141. The molecule has 3 aromatic rings. The quantitative estimate of drug-likeness (QED) is 0.690. The van der Waals surface area contributed by atoms with Gasteiger partial charge in [0, 0.05) is 0 Å². The van der Waals surface area contributed by atoms with Crippen LogP contribution in [0.2, 0.25) is 0 Å². The van der Waals surface area contributed by atoms with Crippen molar-refractivity contribution in [2.45, 2.75) is 0 Å². The van der Waals surface area contributed by atoms with E-state index in [1.165, 1.54) is 12.3 Å². The van der Waals surface area contributed by atoms with Crippen LogP contribution in [0, 0.1) is 4.77 Å². The zero-order chi connectivity index (χ0) is 13.4. The van der Waals surface area contributed by atoms with Crippen LogP contribution in [0.15, 0.2) is 51.9 Å². The zero-order valence-electron chi connectivity index (χ0n) is 9.62. The summed E-state index contributed by atoms with van der Waals surface area (Å²) in [5.74, 6) is -0.515. The fourth-order valence-electron chi connectivity index (χ4n) is 1.86. The summed E-state index contributed by atoms with van der Waals surface area (Å²) in [7, 11) is 0. The molecule has 0 aliphatic heterocycles. The average Bonchev–Trinajstić information content (AvgIpc) is 2.92. The zero-order valence-corrected chi connectivity index (χ0v) is 10.4. The third kappa shape index (κ3) is 1.82. The summed E-state index contributed by atoms with van der Waals surface area (Å²) < 4.78 is 5.95. The molecule has 0 atom stereocenters. The van der Waals surface area contributed by atoms with Crippen molar-refractivity contribution in [2.24, 2.45) is 0 Å². The van der Waals surface area contributed by atoms with Crippen molar-refractivity contribution in [3.63, 3.8) is 0 Å². The first kappa shape index (κ1) is 11.6. The van der Waals surface area contributed by atoms with Gasteiger partial charge in [-0.15, -0.1) is 0 Å². The Bertz CT molecular complexity index is 875. The number of nitrogens with zero attached hydrogens (tertiary/aromatic N) is 1. The maximum Gasteiger partial charge on any atom is 0.302 e. The number of carbonyl (C=O) groups is 1. The minimum absolute atomic E-state index is 0.0464. The number of para-hydroxylation sites is 1. The first-order valence-corrected chi connectivity index (χ1v) is 5.91. The normalized spacial score (nSPS) is 10.7. The minimum Gasteiger partial charge on any atom is -0.459 e. The van der Waals surface area contributed by atoms with Gasteiger partial charge in [-0.1, -0.05) is 12.1 Å². The lowest BCUT2D eigenvalue weighted by atomic mass is 10.2. The largest absolute Gasteiger partial charge is 0.459 e. The summed E-state index contributed by atoms with van der Waals surface area (Å²) in [6.45, 7) is 0. The number of hydrogen-bond donors (Lipinski definition) is 1. The summed E-state index contributed by atoms with van der Waals surface area (Å²) in [6, 6.07) is 9.93. The fourth-order valence-corrected chi connectivity index (χ4v) is 2.13. The molecule has 2 aromatic heterocycles. The van der Waals surface area contributed by atoms with Gasteiger partial charge >= 0.3 is 5.91 Å². The molecular weight excluding hydrogens is 264 g/mol. The molecule has 1 N–H and O–H groups in total. The Morgan fingerprint density at radius 2 is 2.00 bits per heavy atom. The monoisotopic (exact) mass is 272 g/mol. The molecule has 0 spiro atoms. The number of aromatic nitrogens is 2. The van der Waals surface area contributed by atoms with E-state index < -0.39 is 11.5 Å². The van der Waals surface area contributed by atoms with Gasteiger partial charge < -0.3 is 9.40 Å². The van der Waals surface area contributed by atoms with Gasteiger partial charge in [-0.2, -0.15) is 0 Å². The van der Waals surface area contributed by atoms with Gasteiger partial charge in [-0.05, 0) is 36.5 Å². The number of nitrogens with one attached hydrogen (secondary N) is 1. The molecule has 0 fully saturated rings. The molecule has 1 aromatic carbocycles. The Hall–Kier alpha value is -2.47. The van der Waals surface area contributed by atoms with E-state index in [1.807, 2.05) is 0 Å². The lowest BCUT2D eigenvalue weighted by Crippen LogP contribution is -2.28. The van der Waals surface area contributed by atoms with E-state index in [2.05, 4.69) is 4.98 Å². The number of hydrogen-bond acceptors (Lipinski definition) is 4. The van der Waals surface area contributed by atoms with Gasteiger partial charge in [0.1, 0.15) is 0 Å². The smallest absolute Gasteiger partial charge is 0.302 e. The maximum atomic E-state index is 12.3. The standard InChI is InChI=1S/C13H8N2O3S/c16-11-8-4-1-2-5-9(8)14-13(19)15(11)12(17)10-6-3-7-18-10/h1-7H,(H,14,19). The second-order valence-electron chi connectivity index (χ2n) is 3.90. The lowest BCUT2D eigenvalue weighted by molar-refractivity contribution is 0.0926. The van der Waals surface area contributed by atoms with E-state index in [1.54, 1.807) is 30.3 Å². The highest BCUT2D eigenvalue weighted by atomic mass is 32.1. The number of carbonyl (C=O) groups excluding carboxylic acids is 1. The first-order chi connectivity index (χ1) is 9.18. The molecule has 19 heavy (non-hydrogen) atoms. The van der Waals surface area contributed by atoms with Crippen LogP contribution < -0.4 is 5.56 Å². The maximum absolute atomic E-state index is 12.3. The van der Waals surface area contributed by atoms with E-state index >= 15 is 0 Å². The van der Waals surface area contributed by atoms with Crippen molar-refractivity contribution in [2.75, 3.05) is 0 Å². The second kappa shape index (κ2) is 4.33. The highest BCUT2D eigenvalue weighted by Crippen LogP contribution is 2.08. The van der Waals surface area contributed by atoms with Crippen LogP contribution in [-0.2, 0) is 0 Å². The Morgan fingerprint density at radius 1 is 1.21 bits per heavy atom. The molecular formula is C13H8N2O3S. The van der Waals surface area contributed by atoms with Crippen LogP contribution in [0.4, 0.5) is 0 Å². The van der Waals surface area contributed by atoms with Gasteiger partial charge in [0.2, 0.25) is 0 Å². The van der Waals surface area contributed by atoms with Crippen molar-refractivity contribution in [1.29, 1.82) is 0 Å². The molecule has 2 heterocycles. The fraction of sp³-hybridized carbons (Fsp3) is 0. The highest BCUT2D eigenvalue weighted by molar-refractivity contribution is 7.71. The molecule has 0 unspecified atom stereocenters. The van der Waals surface area contributed by atoms with Crippen molar-refractivity contribution in [1.82, 2.24) is 9.55 Å². The molecule has 0 saturated carbocycles. The van der Waals surface area contributed by atoms with E-state index in [-0.39, 0.29) is 10.5 Å². The third-order valence-electron chi connectivity index (χ3n) is 2.74. The molecule has 6 heteroatoms. The van der Waals surface area contributed by atoms with Gasteiger partial charge in [-0.3, -0.25) is 9.59 Å². The predicted molar refractivity (Wildman–Crippen MR) is 71.8 cm³/mol. The number of furan rings is 1. The molecule has 5 nitrogen and oxygen atoms in total. The summed E-state index contributed by atoms with van der Waals surface area (Å²) in [4.78, 5) is 27.3. The SMILES string of the molecule is O=C(c1ccco1)n1c(=S)[nH]c2ccccc2c1=O. The third-order valence-corrected chi connectivity index (χ3v) is 3.02. The van der Waals surface area contributed by atoms with Crippen LogP contribution in [0.3, 0.4) is 0 Å². The Kier molecular flexibility index (Phi) is 2.64. The van der Waals surface area contributed by atoms with Gasteiger partial charge in [0.05, 0.1) is 17.2 Å². The molecule has 0 amide bonds. The Morgan fingerprint density at radius 3 is 2.74 bits per heavy atom. The molecule has 3 rings (SSSR count). The average molecular weight is 272 g/mol. The Labute approximate surface area is 112 Å². The summed E-state index contributed by atoms with van der Waals surface area (Å²) >= 11 is 5.06. The molecule has 0 bridgehead atoms. The lowest BCUT2D eigenvalue weighted by Gasteiger charge is -2.04. The number of benzene rings is 1. The van der Waals surface area contributed by atoms with Gasteiger partial charge in [0.15, 0.2) is 10.5 Å². The molecule has 0 aliphatic rings. The van der Waals surface area contributed by atoms with Crippen LogP contribution in [0.25, 0.3) is 10.9 Å². The predicted octanol–water partition coefficient (Wildman–Crippen LogP) is 2.34. The molecule has 0 aliphatic carbocycles. The number of aromatic amines is 1. The van der Waals surface area contributed by atoms with Crippen LogP contribution >= 0.6 is 12.2 Å². The molecule has 0 radical (unpaired) electrons. The molecule has 94 valence electrons. The van der Waals surface area contributed by atoms with Crippen LogP contribution in [0.5, 0.6) is 0 Å². The van der Waals surface area contributed by atoms with Crippen molar-refractivity contribution >= 4 is 29.0 Å². The summed E-state index contributed by atoms with van der Waals surface area (Å²) in [5, 5.41) is 0.399. The minimum atomic E-state index is -0.581. The van der Waals surface area contributed by atoms with Crippen LogP contribution in [-0.4, -0.2) is 15.5 Å². The van der Waals surface area contributed by atoms with E-state index in [4.69, 9.17) is 16.6 Å². The number of rotatable bonds is 1.